The van der Waals surface area contributed by atoms with Gasteiger partial charge >= 0.3 is 6.61 Å². The van der Waals surface area contributed by atoms with Crippen LogP contribution in [-0.2, 0) is 11.3 Å². The monoisotopic (exact) mass is 417 g/mol. The molecule has 0 saturated heterocycles. The third-order valence-corrected chi connectivity index (χ3v) is 5.03. The van der Waals surface area contributed by atoms with Crippen molar-refractivity contribution in [2.45, 2.75) is 32.2 Å². The number of halogens is 2. The van der Waals surface area contributed by atoms with E-state index in [1.807, 2.05) is 24.6 Å². The molecule has 0 unspecified atom stereocenters. The molecular formula is C21H21F2N3O2S. The molecule has 0 saturated carbocycles. The number of benzene rings is 2. The normalized spacial score (nSPS) is 10.9. The van der Waals surface area contributed by atoms with Crippen molar-refractivity contribution < 1.29 is 18.3 Å². The number of hydrogen-bond acceptors (Lipinski definition) is 4. The van der Waals surface area contributed by atoms with Gasteiger partial charge in [-0.15, -0.1) is 0 Å². The summed E-state index contributed by atoms with van der Waals surface area (Å²) in [5, 5.41) is 3.55. The highest BCUT2D eigenvalue weighted by Gasteiger charge is 2.10. The maximum absolute atomic E-state index is 12.2. The van der Waals surface area contributed by atoms with E-state index in [0.717, 1.165) is 27.5 Å². The molecule has 5 nitrogen and oxygen atoms in total. The lowest BCUT2D eigenvalue weighted by Gasteiger charge is -2.10. The summed E-state index contributed by atoms with van der Waals surface area (Å²) in [6.07, 6.45) is 3.58. The molecule has 8 heteroatoms. The van der Waals surface area contributed by atoms with E-state index in [1.165, 1.54) is 23.9 Å². The summed E-state index contributed by atoms with van der Waals surface area (Å²) in [5.41, 5.74) is 4.12. The fraction of sp³-hybridized carbons (Fsp3) is 0.238. The van der Waals surface area contributed by atoms with Crippen LogP contribution in [0.15, 0.2) is 60.0 Å². The van der Waals surface area contributed by atoms with Crippen LogP contribution in [0, 0.1) is 13.8 Å². The first kappa shape index (κ1) is 20.9. The highest BCUT2D eigenvalue weighted by Crippen LogP contribution is 2.22. The van der Waals surface area contributed by atoms with E-state index in [9.17, 15) is 13.6 Å². The number of ether oxygens (including phenoxy) is 1. The molecule has 1 heterocycles. The van der Waals surface area contributed by atoms with Crippen LogP contribution >= 0.6 is 11.8 Å². The van der Waals surface area contributed by atoms with Crippen LogP contribution in [0.1, 0.15) is 16.7 Å². The molecule has 0 aliphatic rings. The molecule has 0 radical (unpaired) electrons. The smallest absolute Gasteiger partial charge is 0.387 e. The van der Waals surface area contributed by atoms with E-state index in [-0.39, 0.29) is 17.4 Å². The van der Waals surface area contributed by atoms with Gasteiger partial charge in [-0.25, -0.2) is 4.98 Å². The summed E-state index contributed by atoms with van der Waals surface area (Å²) in [6, 6.07) is 12.4. The second-order valence-corrected chi connectivity index (χ2v) is 7.46. The number of hydrogen-bond donors (Lipinski definition) is 1. The predicted octanol–water partition coefficient (Wildman–Crippen LogP) is 4.50. The summed E-state index contributed by atoms with van der Waals surface area (Å²) >= 11 is 1.35. The summed E-state index contributed by atoms with van der Waals surface area (Å²) in [6.45, 7) is 1.54. The molecule has 1 aromatic heterocycles. The Labute approximate surface area is 172 Å². The third kappa shape index (κ3) is 6.05. The Morgan fingerprint density at radius 2 is 1.86 bits per heavy atom. The number of amides is 1. The van der Waals surface area contributed by atoms with Crippen LogP contribution in [-0.4, -0.2) is 27.8 Å². The van der Waals surface area contributed by atoms with Gasteiger partial charge in [-0.05, 0) is 54.8 Å². The number of alkyl halides is 2. The second-order valence-electron chi connectivity index (χ2n) is 6.51. The van der Waals surface area contributed by atoms with Crippen LogP contribution in [0.3, 0.4) is 0 Å². The minimum atomic E-state index is -2.85. The number of imidazole rings is 1. The Bertz CT molecular complexity index is 954. The highest BCUT2D eigenvalue weighted by atomic mass is 32.2. The number of carbonyl (C=O) groups is 1. The van der Waals surface area contributed by atoms with Gasteiger partial charge in [-0.2, -0.15) is 8.78 Å². The maximum Gasteiger partial charge on any atom is 0.387 e. The SMILES string of the molecule is Cc1cc(C)cc(-n2ccnc2SCC(=O)NCc2ccc(OC(F)F)cc2)c1. The second kappa shape index (κ2) is 9.56. The number of thioether (sulfide) groups is 1. The summed E-state index contributed by atoms with van der Waals surface area (Å²) < 4.78 is 30.6. The van der Waals surface area contributed by atoms with Gasteiger partial charge in [0.05, 0.1) is 5.75 Å². The first-order chi connectivity index (χ1) is 13.9. The quantitative estimate of drug-likeness (QED) is 0.549. The minimum absolute atomic E-state index is 0.0869. The van der Waals surface area contributed by atoms with Gasteiger partial charge in [0.2, 0.25) is 5.91 Å². The summed E-state index contributed by atoms with van der Waals surface area (Å²) in [4.78, 5) is 16.5. The fourth-order valence-electron chi connectivity index (χ4n) is 2.85. The molecule has 3 aromatic rings. The fourth-order valence-corrected chi connectivity index (χ4v) is 3.66. The number of rotatable bonds is 8. The Morgan fingerprint density at radius 3 is 2.52 bits per heavy atom. The van der Waals surface area contributed by atoms with Crippen molar-refractivity contribution in [2.75, 3.05) is 5.75 Å². The lowest BCUT2D eigenvalue weighted by Crippen LogP contribution is -2.24. The molecule has 1 N–H and O–H groups in total. The molecule has 0 aliphatic carbocycles. The van der Waals surface area contributed by atoms with Crippen LogP contribution in [0.2, 0.25) is 0 Å². The van der Waals surface area contributed by atoms with Gasteiger partial charge in [-0.3, -0.25) is 9.36 Å². The molecule has 0 aliphatic heterocycles. The van der Waals surface area contributed by atoms with Crippen molar-refractivity contribution in [1.82, 2.24) is 14.9 Å². The van der Waals surface area contributed by atoms with Crippen LogP contribution in [0.5, 0.6) is 5.75 Å². The lowest BCUT2D eigenvalue weighted by atomic mass is 10.1. The van der Waals surface area contributed by atoms with Crippen molar-refractivity contribution in [1.29, 1.82) is 0 Å². The molecule has 3 rings (SSSR count). The number of aryl methyl sites for hydroxylation is 2. The van der Waals surface area contributed by atoms with Crippen molar-refractivity contribution in [3.63, 3.8) is 0 Å². The van der Waals surface area contributed by atoms with E-state index in [4.69, 9.17) is 0 Å². The predicted molar refractivity (Wildman–Crippen MR) is 109 cm³/mol. The molecule has 0 spiro atoms. The van der Waals surface area contributed by atoms with Crippen molar-refractivity contribution >= 4 is 17.7 Å². The van der Waals surface area contributed by atoms with Gasteiger partial charge in [0.1, 0.15) is 5.75 Å². The lowest BCUT2D eigenvalue weighted by molar-refractivity contribution is -0.118. The first-order valence-corrected chi connectivity index (χ1v) is 9.94. The number of nitrogens with one attached hydrogen (secondary N) is 1. The molecule has 1 amide bonds. The standard InChI is InChI=1S/C21H21F2N3O2S/c1-14-9-15(2)11-17(10-14)26-8-7-24-21(26)29-13-19(27)25-12-16-3-5-18(6-4-16)28-20(22)23/h3-11,20H,12-13H2,1-2H3,(H,25,27). The molecule has 152 valence electrons. The molecule has 0 fully saturated rings. The Morgan fingerprint density at radius 1 is 1.17 bits per heavy atom. The molecule has 2 aromatic carbocycles. The Balaban J connectivity index is 1.53. The van der Waals surface area contributed by atoms with Gasteiger partial charge in [0.25, 0.3) is 0 Å². The first-order valence-electron chi connectivity index (χ1n) is 8.96. The number of nitrogens with zero attached hydrogens (tertiary/aromatic N) is 2. The molecular weight excluding hydrogens is 396 g/mol. The van der Waals surface area contributed by atoms with Crippen molar-refractivity contribution in [3.05, 3.63) is 71.5 Å². The van der Waals surface area contributed by atoms with Gasteiger partial charge in [0, 0.05) is 24.6 Å². The van der Waals surface area contributed by atoms with Crippen molar-refractivity contribution in [2.24, 2.45) is 0 Å². The zero-order valence-corrected chi connectivity index (χ0v) is 16.9. The topological polar surface area (TPSA) is 56.2 Å². The van der Waals surface area contributed by atoms with Crippen molar-refractivity contribution in [3.8, 4) is 11.4 Å². The van der Waals surface area contributed by atoms with E-state index >= 15 is 0 Å². The van der Waals surface area contributed by atoms with E-state index < -0.39 is 6.61 Å². The van der Waals surface area contributed by atoms with Crippen LogP contribution < -0.4 is 10.1 Å². The molecule has 0 atom stereocenters. The van der Waals surface area contributed by atoms with Gasteiger partial charge < -0.3 is 10.1 Å². The number of aromatic nitrogens is 2. The maximum atomic E-state index is 12.2. The Hall–Kier alpha value is -2.87. The molecule has 29 heavy (non-hydrogen) atoms. The number of carbonyl (C=O) groups excluding carboxylic acids is 1. The third-order valence-electron chi connectivity index (χ3n) is 4.06. The van der Waals surface area contributed by atoms with Gasteiger partial charge in [-0.1, -0.05) is 30.0 Å². The van der Waals surface area contributed by atoms with Gasteiger partial charge in [0.15, 0.2) is 5.16 Å². The largest absolute Gasteiger partial charge is 0.435 e. The van der Waals surface area contributed by atoms with E-state index in [1.54, 1.807) is 18.3 Å². The Kier molecular flexibility index (Phi) is 6.87. The van der Waals surface area contributed by atoms with Crippen LogP contribution in [0.4, 0.5) is 8.78 Å². The average molecular weight is 417 g/mol. The van der Waals surface area contributed by atoms with E-state index in [2.05, 4.69) is 33.2 Å². The van der Waals surface area contributed by atoms with E-state index in [0.29, 0.717) is 6.54 Å². The zero-order valence-electron chi connectivity index (χ0n) is 16.1. The highest BCUT2D eigenvalue weighted by molar-refractivity contribution is 7.99. The minimum Gasteiger partial charge on any atom is -0.435 e. The summed E-state index contributed by atoms with van der Waals surface area (Å²) in [5.74, 6) is 0.163. The summed E-state index contributed by atoms with van der Waals surface area (Å²) in [7, 11) is 0. The zero-order chi connectivity index (χ0) is 20.8. The molecule has 0 bridgehead atoms. The van der Waals surface area contributed by atoms with Crippen LogP contribution in [0.25, 0.3) is 5.69 Å². The average Bonchev–Trinajstić information content (AvgIpc) is 3.13.